The van der Waals surface area contributed by atoms with Crippen molar-refractivity contribution in [3.05, 3.63) is 24.3 Å². The summed E-state index contributed by atoms with van der Waals surface area (Å²) < 4.78 is 10.6. The summed E-state index contributed by atoms with van der Waals surface area (Å²) in [5.41, 5.74) is 0. The maximum atomic E-state index is 12.1. The zero-order valence-electron chi connectivity index (χ0n) is 12.5. The van der Waals surface area contributed by atoms with Crippen molar-refractivity contribution in [3.8, 4) is 11.5 Å². The molecule has 1 unspecified atom stereocenters. The van der Waals surface area contributed by atoms with Crippen LogP contribution < -0.4 is 9.47 Å². The van der Waals surface area contributed by atoms with Crippen LogP contribution in [0.3, 0.4) is 0 Å². The number of methoxy groups -OCH3 is 1. The fourth-order valence-corrected chi connectivity index (χ4v) is 1.78. The normalized spacial score (nSPS) is 11.6. The molecular formula is C15H21NO5. The van der Waals surface area contributed by atoms with Gasteiger partial charge in [0.1, 0.15) is 0 Å². The van der Waals surface area contributed by atoms with Crippen molar-refractivity contribution in [1.29, 1.82) is 0 Å². The summed E-state index contributed by atoms with van der Waals surface area (Å²) in [6.45, 7) is 3.82. The summed E-state index contributed by atoms with van der Waals surface area (Å²) >= 11 is 0. The van der Waals surface area contributed by atoms with Crippen molar-refractivity contribution in [3.63, 3.8) is 0 Å². The van der Waals surface area contributed by atoms with E-state index < -0.39 is 11.9 Å². The second-order valence-corrected chi connectivity index (χ2v) is 4.61. The minimum Gasteiger partial charge on any atom is -0.493 e. The first-order valence-corrected chi connectivity index (χ1v) is 6.76. The maximum Gasteiger partial charge on any atom is 0.308 e. The smallest absolute Gasteiger partial charge is 0.308 e. The third kappa shape index (κ3) is 4.98. The van der Waals surface area contributed by atoms with Crippen molar-refractivity contribution in [2.75, 3.05) is 26.8 Å². The van der Waals surface area contributed by atoms with Gasteiger partial charge in [-0.3, -0.25) is 9.59 Å². The molecule has 1 amide bonds. The Kier molecular flexibility index (Phi) is 6.52. The number of amides is 1. The molecule has 1 atom stereocenters. The van der Waals surface area contributed by atoms with Gasteiger partial charge in [-0.05, 0) is 19.1 Å². The van der Waals surface area contributed by atoms with E-state index in [-0.39, 0.29) is 19.1 Å². The quantitative estimate of drug-likeness (QED) is 0.789. The standard InChI is InChI=1S/C15H21NO5/c1-4-16(9-11(2)15(18)19)14(17)10-21-13-8-6-5-7-12(13)20-3/h5-8,11H,4,9-10H2,1-3H3,(H,18,19). The Morgan fingerprint density at radius 3 is 2.43 bits per heavy atom. The number of carboxylic acids is 1. The fourth-order valence-electron chi connectivity index (χ4n) is 1.78. The molecule has 0 radical (unpaired) electrons. The predicted molar refractivity (Wildman–Crippen MR) is 77.5 cm³/mol. The molecule has 1 aromatic carbocycles. The zero-order valence-corrected chi connectivity index (χ0v) is 12.5. The van der Waals surface area contributed by atoms with Crippen LogP contribution in [0.2, 0.25) is 0 Å². The summed E-state index contributed by atoms with van der Waals surface area (Å²) in [7, 11) is 1.52. The largest absolute Gasteiger partial charge is 0.493 e. The van der Waals surface area contributed by atoms with Gasteiger partial charge in [-0.1, -0.05) is 19.1 Å². The highest BCUT2D eigenvalue weighted by atomic mass is 16.5. The van der Waals surface area contributed by atoms with Crippen molar-refractivity contribution >= 4 is 11.9 Å². The van der Waals surface area contributed by atoms with Crippen LogP contribution in [0.25, 0.3) is 0 Å². The highest BCUT2D eigenvalue weighted by molar-refractivity contribution is 5.79. The van der Waals surface area contributed by atoms with E-state index in [0.29, 0.717) is 18.0 Å². The molecule has 0 aliphatic carbocycles. The van der Waals surface area contributed by atoms with E-state index in [1.54, 1.807) is 38.1 Å². The van der Waals surface area contributed by atoms with Crippen LogP contribution in [-0.2, 0) is 9.59 Å². The molecule has 1 rings (SSSR count). The highest BCUT2D eigenvalue weighted by Gasteiger charge is 2.19. The molecule has 0 fully saturated rings. The number of likely N-dealkylation sites (N-methyl/N-ethyl adjacent to an activating group) is 1. The number of aliphatic carboxylic acids is 1. The number of carboxylic acid groups (broad SMARTS) is 1. The number of carbonyl (C=O) groups is 2. The summed E-state index contributed by atoms with van der Waals surface area (Å²) in [5, 5.41) is 8.90. The summed E-state index contributed by atoms with van der Waals surface area (Å²) in [4.78, 5) is 24.4. The number of para-hydroxylation sites is 2. The highest BCUT2D eigenvalue weighted by Crippen LogP contribution is 2.25. The van der Waals surface area contributed by atoms with Gasteiger partial charge in [0.15, 0.2) is 18.1 Å². The Labute approximate surface area is 124 Å². The lowest BCUT2D eigenvalue weighted by atomic mass is 10.1. The SMILES string of the molecule is CCN(CC(C)C(=O)O)C(=O)COc1ccccc1OC. The van der Waals surface area contributed by atoms with Crippen molar-refractivity contribution in [2.45, 2.75) is 13.8 Å². The van der Waals surface area contributed by atoms with E-state index in [1.165, 1.54) is 12.0 Å². The molecule has 0 saturated heterocycles. The monoisotopic (exact) mass is 295 g/mol. The molecule has 0 aliphatic heterocycles. The molecule has 0 spiro atoms. The van der Waals surface area contributed by atoms with Gasteiger partial charge >= 0.3 is 5.97 Å². The van der Waals surface area contributed by atoms with Crippen LogP contribution in [0.4, 0.5) is 0 Å². The molecule has 0 aliphatic rings. The number of ether oxygens (including phenoxy) is 2. The Morgan fingerprint density at radius 2 is 1.90 bits per heavy atom. The average Bonchev–Trinajstić information content (AvgIpc) is 2.49. The fraction of sp³-hybridized carbons (Fsp3) is 0.467. The van der Waals surface area contributed by atoms with Crippen molar-refractivity contribution in [2.24, 2.45) is 5.92 Å². The van der Waals surface area contributed by atoms with E-state index in [0.717, 1.165) is 0 Å². The lowest BCUT2D eigenvalue weighted by Gasteiger charge is -2.23. The van der Waals surface area contributed by atoms with Crippen LogP contribution in [0.5, 0.6) is 11.5 Å². The number of hydrogen-bond acceptors (Lipinski definition) is 4. The molecule has 0 aromatic heterocycles. The van der Waals surface area contributed by atoms with E-state index in [4.69, 9.17) is 14.6 Å². The van der Waals surface area contributed by atoms with Crippen molar-refractivity contribution in [1.82, 2.24) is 4.90 Å². The molecule has 1 aromatic rings. The average molecular weight is 295 g/mol. The van der Waals surface area contributed by atoms with Crippen LogP contribution in [-0.4, -0.2) is 48.7 Å². The molecule has 1 N–H and O–H groups in total. The van der Waals surface area contributed by atoms with E-state index in [1.807, 2.05) is 0 Å². The van der Waals surface area contributed by atoms with Crippen molar-refractivity contribution < 1.29 is 24.2 Å². The van der Waals surface area contributed by atoms with Gasteiger partial charge in [-0.15, -0.1) is 0 Å². The van der Waals surface area contributed by atoms with Crippen LogP contribution in [0.1, 0.15) is 13.8 Å². The van der Waals surface area contributed by atoms with Gasteiger partial charge in [0, 0.05) is 13.1 Å². The second kappa shape index (κ2) is 8.14. The zero-order chi connectivity index (χ0) is 15.8. The number of benzene rings is 1. The Bertz CT molecular complexity index is 489. The minimum atomic E-state index is -0.924. The third-order valence-electron chi connectivity index (χ3n) is 3.07. The first kappa shape index (κ1) is 16.8. The Morgan fingerprint density at radius 1 is 1.29 bits per heavy atom. The van der Waals surface area contributed by atoms with Gasteiger partial charge in [0.25, 0.3) is 5.91 Å². The molecule has 116 valence electrons. The van der Waals surface area contributed by atoms with Gasteiger partial charge in [0.2, 0.25) is 0 Å². The van der Waals surface area contributed by atoms with Crippen LogP contribution in [0.15, 0.2) is 24.3 Å². The predicted octanol–water partition coefficient (Wildman–Crippen LogP) is 1.64. The minimum absolute atomic E-state index is 0.152. The first-order valence-electron chi connectivity index (χ1n) is 6.76. The molecular weight excluding hydrogens is 274 g/mol. The molecule has 6 heteroatoms. The maximum absolute atomic E-state index is 12.1. The molecule has 21 heavy (non-hydrogen) atoms. The summed E-state index contributed by atoms with van der Waals surface area (Å²) in [5.74, 6) is -0.758. The van der Waals surface area contributed by atoms with E-state index in [2.05, 4.69) is 0 Å². The van der Waals surface area contributed by atoms with Crippen LogP contribution >= 0.6 is 0 Å². The topological polar surface area (TPSA) is 76.1 Å². The number of nitrogens with zero attached hydrogens (tertiary/aromatic N) is 1. The van der Waals surface area contributed by atoms with Gasteiger partial charge in [-0.2, -0.15) is 0 Å². The second-order valence-electron chi connectivity index (χ2n) is 4.61. The Hall–Kier alpha value is -2.24. The van der Waals surface area contributed by atoms with Crippen LogP contribution in [0, 0.1) is 5.92 Å². The number of carbonyl (C=O) groups excluding carboxylic acids is 1. The third-order valence-corrected chi connectivity index (χ3v) is 3.07. The molecule has 0 saturated carbocycles. The Balaban J connectivity index is 2.60. The summed E-state index contributed by atoms with van der Waals surface area (Å²) in [6.07, 6.45) is 0. The first-order chi connectivity index (χ1) is 9.99. The van der Waals surface area contributed by atoms with Gasteiger partial charge < -0.3 is 19.5 Å². The number of hydrogen-bond donors (Lipinski definition) is 1. The summed E-state index contributed by atoms with van der Waals surface area (Å²) in [6, 6.07) is 7.04. The molecule has 6 nitrogen and oxygen atoms in total. The number of rotatable bonds is 8. The van der Waals surface area contributed by atoms with Gasteiger partial charge in [-0.25, -0.2) is 0 Å². The van der Waals surface area contributed by atoms with E-state index in [9.17, 15) is 9.59 Å². The lowest BCUT2D eigenvalue weighted by molar-refractivity contribution is -0.143. The molecule has 0 heterocycles. The van der Waals surface area contributed by atoms with E-state index >= 15 is 0 Å². The molecule has 0 bridgehead atoms. The van der Waals surface area contributed by atoms with Gasteiger partial charge in [0.05, 0.1) is 13.0 Å². The lowest BCUT2D eigenvalue weighted by Crippen LogP contribution is -2.39.